The van der Waals surface area contributed by atoms with Crippen molar-refractivity contribution in [3.63, 3.8) is 0 Å². The van der Waals surface area contributed by atoms with Gasteiger partial charge >= 0.3 is 5.97 Å². The summed E-state index contributed by atoms with van der Waals surface area (Å²) in [6.07, 6.45) is -1.35. The molecule has 0 aliphatic rings. The van der Waals surface area contributed by atoms with Crippen LogP contribution in [0.3, 0.4) is 0 Å². The SMILES string of the molecule is CCOC(=O)C(O)C(Nc1ccc(OC)cc1)c1ccc(OC)cc1. The molecular formula is C19H23NO5. The number of rotatable bonds is 8. The van der Waals surface area contributed by atoms with E-state index in [0.717, 1.165) is 17.0 Å². The lowest BCUT2D eigenvalue weighted by Crippen LogP contribution is -2.34. The minimum absolute atomic E-state index is 0.202. The molecule has 0 fully saturated rings. The molecule has 0 saturated carbocycles. The van der Waals surface area contributed by atoms with Crippen LogP contribution in [0.4, 0.5) is 5.69 Å². The molecule has 2 aromatic carbocycles. The van der Waals surface area contributed by atoms with E-state index in [-0.39, 0.29) is 6.61 Å². The van der Waals surface area contributed by atoms with E-state index in [4.69, 9.17) is 14.2 Å². The lowest BCUT2D eigenvalue weighted by atomic mass is 10.0. The maximum Gasteiger partial charge on any atom is 0.337 e. The molecule has 0 spiro atoms. The topological polar surface area (TPSA) is 77.0 Å². The summed E-state index contributed by atoms with van der Waals surface area (Å²) in [4.78, 5) is 12.0. The Labute approximate surface area is 147 Å². The van der Waals surface area contributed by atoms with Crippen molar-refractivity contribution in [3.8, 4) is 11.5 Å². The Hall–Kier alpha value is -2.73. The summed E-state index contributed by atoms with van der Waals surface area (Å²) in [5.41, 5.74) is 1.47. The van der Waals surface area contributed by atoms with Crippen molar-refractivity contribution < 1.29 is 24.1 Å². The van der Waals surface area contributed by atoms with Crippen LogP contribution in [-0.2, 0) is 9.53 Å². The van der Waals surface area contributed by atoms with Crippen LogP contribution in [0.1, 0.15) is 18.5 Å². The number of esters is 1. The summed E-state index contributed by atoms with van der Waals surface area (Å²) in [6.45, 7) is 1.90. The van der Waals surface area contributed by atoms with Crippen LogP contribution in [0.25, 0.3) is 0 Å². The summed E-state index contributed by atoms with van der Waals surface area (Å²) >= 11 is 0. The Morgan fingerprint density at radius 2 is 1.52 bits per heavy atom. The minimum Gasteiger partial charge on any atom is -0.497 e. The smallest absolute Gasteiger partial charge is 0.337 e. The number of anilines is 1. The summed E-state index contributed by atoms with van der Waals surface area (Å²) in [6, 6.07) is 13.7. The predicted octanol–water partition coefficient (Wildman–Crippen LogP) is 2.78. The molecular weight excluding hydrogens is 322 g/mol. The molecule has 2 aromatic rings. The zero-order chi connectivity index (χ0) is 18.2. The highest BCUT2D eigenvalue weighted by Crippen LogP contribution is 2.26. The molecule has 0 bridgehead atoms. The number of benzene rings is 2. The maximum atomic E-state index is 12.0. The van der Waals surface area contributed by atoms with E-state index in [1.165, 1.54) is 0 Å². The van der Waals surface area contributed by atoms with Crippen LogP contribution >= 0.6 is 0 Å². The van der Waals surface area contributed by atoms with E-state index in [9.17, 15) is 9.90 Å². The zero-order valence-corrected chi connectivity index (χ0v) is 14.6. The number of aliphatic hydroxyl groups is 1. The number of carbonyl (C=O) groups excluding carboxylic acids is 1. The Morgan fingerprint density at radius 1 is 1.00 bits per heavy atom. The molecule has 2 rings (SSSR count). The highest BCUT2D eigenvalue weighted by Gasteiger charge is 2.29. The average molecular weight is 345 g/mol. The fourth-order valence-electron chi connectivity index (χ4n) is 2.39. The van der Waals surface area contributed by atoms with Crippen molar-refractivity contribution in [1.29, 1.82) is 0 Å². The monoisotopic (exact) mass is 345 g/mol. The number of methoxy groups -OCH3 is 2. The normalized spacial score (nSPS) is 12.8. The van der Waals surface area contributed by atoms with Crippen molar-refractivity contribution in [2.24, 2.45) is 0 Å². The third-order valence-corrected chi connectivity index (χ3v) is 3.73. The van der Waals surface area contributed by atoms with Crippen molar-refractivity contribution in [2.75, 3.05) is 26.1 Å². The van der Waals surface area contributed by atoms with Gasteiger partial charge in [-0.15, -0.1) is 0 Å². The summed E-state index contributed by atoms with van der Waals surface area (Å²) in [7, 11) is 3.17. The van der Waals surface area contributed by atoms with Crippen LogP contribution in [0.15, 0.2) is 48.5 Å². The van der Waals surface area contributed by atoms with E-state index < -0.39 is 18.1 Å². The van der Waals surface area contributed by atoms with E-state index >= 15 is 0 Å². The van der Waals surface area contributed by atoms with Gasteiger partial charge in [0.2, 0.25) is 0 Å². The number of hydrogen-bond acceptors (Lipinski definition) is 6. The van der Waals surface area contributed by atoms with Gasteiger partial charge in [-0.25, -0.2) is 4.79 Å². The average Bonchev–Trinajstić information content (AvgIpc) is 2.66. The summed E-state index contributed by atoms with van der Waals surface area (Å²) in [5, 5.41) is 13.6. The van der Waals surface area contributed by atoms with Crippen molar-refractivity contribution in [1.82, 2.24) is 0 Å². The molecule has 2 atom stereocenters. The Balaban J connectivity index is 2.27. The number of carbonyl (C=O) groups is 1. The number of ether oxygens (including phenoxy) is 3. The second kappa shape index (κ2) is 8.94. The minimum atomic E-state index is -1.35. The van der Waals surface area contributed by atoms with Gasteiger partial charge in [0.1, 0.15) is 11.5 Å². The van der Waals surface area contributed by atoms with Gasteiger partial charge in [0.25, 0.3) is 0 Å². The van der Waals surface area contributed by atoms with Gasteiger partial charge in [-0.3, -0.25) is 0 Å². The first kappa shape index (κ1) is 18.6. The molecule has 25 heavy (non-hydrogen) atoms. The predicted molar refractivity (Wildman–Crippen MR) is 95.0 cm³/mol. The van der Waals surface area contributed by atoms with Crippen LogP contribution in [0.2, 0.25) is 0 Å². The van der Waals surface area contributed by atoms with E-state index in [1.54, 1.807) is 57.5 Å². The molecule has 0 aromatic heterocycles. The van der Waals surface area contributed by atoms with Gasteiger partial charge in [0, 0.05) is 5.69 Å². The van der Waals surface area contributed by atoms with Gasteiger partial charge in [-0.2, -0.15) is 0 Å². The standard InChI is InChI=1S/C19H23NO5/c1-4-25-19(22)18(21)17(13-5-9-15(23-2)10-6-13)20-14-7-11-16(24-3)12-8-14/h5-12,17-18,20-21H,4H2,1-3H3. The summed E-state index contributed by atoms with van der Waals surface area (Å²) in [5.74, 6) is 0.736. The van der Waals surface area contributed by atoms with Crippen LogP contribution in [-0.4, -0.2) is 38.0 Å². The molecule has 0 aliphatic heterocycles. The Bertz CT molecular complexity index is 669. The van der Waals surface area contributed by atoms with Crippen LogP contribution in [0, 0.1) is 0 Å². The molecule has 0 saturated heterocycles. The quantitative estimate of drug-likeness (QED) is 0.717. The fraction of sp³-hybridized carbons (Fsp3) is 0.316. The Morgan fingerprint density at radius 3 is 2.00 bits per heavy atom. The third kappa shape index (κ3) is 4.87. The first-order chi connectivity index (χ1) is 12.1. The fourth-order valence-corrected chi connectivity index (χ4v) is 2.39. The van der Waals surface area contributed by atoms with Gasteiger partial charge in [-0.05, 0) is 48.9 Å². The lowest BCUT2D eigenvalue weighted by molar-refractivity contribution is -0.153. The Kier molecular flexibility index (Phi) is 6.65. The molecule has 2 unspecified atom stereocenters. The molecule has 6 heteroatoms. The van der Waals surface area contributed by atoms with Crippen molar-refractivity contribution in [3.05, 3.63) is 54.1 Å². The first-order valence-corrected chi connectivity index (χ1v) is 7.98. The molecule has 0 radical (unpaired) electrons. The second-order valence-electron chi connectivity index (χ2n) is 5.32. The molecule has 0 aliphatic carbocycles. The highest BCUT2D eigenvalue weighted by molar-refractivity contribution is 5.76. The third-order valence-electron chi connectivity index (χ3n) is 3.73. The lowest BCUT2D eigenvalue weighted by Gasteiger charge is -2.24. The number of aliphatic hydroxyl groups excluding tert-OH is 1. The van der Waals surface area contributed by atoms with E-state index in [2.05, 4.69) is 5.32 Å². The number of hydrogen-bond donors (Lipinski definition) is 2. The van der Waals surface area contributed by atoms with Crippen LogP contribution in [0.5, 0.6) is 11.5 Å². The maximum absolute atomic E-state index is 12.0. The molecule has 2 N–H and O–H groups in total. The van der Waals surface area contributed by atoms with E-state index in [1.807, 2.05) is 12.1 Å². The van der Waals surface area contributed by atoms with Gasteiger partial charge in [0.15, 0.2) is 6.10 Å². The van der Waals surface area contributed by atoms with E-state index in [0.29, 0.717) is 5.75 Å². The molecule has 6 nitrogen and oxygen atoms in total. The van der Waals surface area contributed by atoms with Crippen molar-refractivity contribution >= 4 is 11.7 Å². The second-order valence-corrected chi connectivity index (χ2v) is 5.32. The molecule has 0 amide bonds. The number of nitrogens with one attached hydrogen (secondary N) is 1. The highest BCUT2D eigenvalue weighted by atomic mass is 16.5. The zero-order valence-electron chi connectivity index (χ0n) is 14.6. The van der Waals surface area contributed by atoms with Gasteiger partial charge < -0.3 is 24.6 Å². The molecule has 0 heterocycles. The van der Waals surface area contributed by atoms with Gasteiger partial charge in [0.05, 0.1) is 26.9 Å². The van der Waals surface area contributed by atoms with Crippen molar-refractivity contribution in [2.45, 2.75) is 19.1 Å². The first-order valence-electron chi connectivity index (χ1n) is 7.98. The molecule has 134 valence electrons. The largest absolute Gasteiger partial charge is 0.497 e. The van der Waals surface area contributed by atoms with Gasteiger partial charge in [-0.1, -0.05) is 12.1 Å². The van der Waals surface area contributed by atoms with Crippen LogP contribution < -0.4 is 14.8 Å². The summed E-state index contributed by atoms with van der Waals surface area (Å²) < 4.78 is 15.2.